The van der Waals surface area contributed by atoms with E-state index < -0.39 is 23.6 Å². The van der Waals surface area contributed by atoms with Crippen molar-refractivity contribution in [2.75, 3.05) is 5.32 Å². The van der Waals surface area contributed by atoms with Crippen LogP contribution in [0.15, 0.2) is 48.5 Å². The van der Waals surface area contributed by atoms with Crippen molar-refractivity contribution in [3.63, 3.8) is 0 Å². The number of anilines is 1. The van der Waals surface area contributed by atoms with E-state index >= 15 is 0 Å². The fourth-order valence-corrected chi connectivity index (χ4v) is 1.78. The predicted molar refractivity (Wildman–Crippen MR) is 76.1 cm³/mol. The summed E-state index contributed by atoms with van der Waals surface area (Å²) in [7, 11) is 0. The molecule has 2 aromatic rings. The molecule has 0 radical (unpaired) electrons. The number of hydrogen-bond donors (Lipinski definition) is 1. The Balaban J connectivity index is 2.04. The van der Waals surface area contributed by atoms with E-state index in [2.05, 4.69) is 5.32 Å². The minimum absolute atomic E-state index is 0.189. The van der Waals surface area contributed by atoms with E-state index in [0.29, 0.717) is 12.2 Å². The summed E-state index contributed by atoms with van der Waals surface area (Å²) in [4.78, 5) is 12.1. The minimum Gasteiger partial charge on any atom is -0.481 e. The lowest BCUT2D eigenvalue weighted by molar-refractivity contribution is -0.122. The molecule has 21 heavy (non-hydrogen) atoms. The Morgan fingerprint density at radius 1 is 1.14 bits per heavy atom. The van der Waals surface area contributed by atoms with Crippen molar-refractivity contribution in [1.82, 2.24) is 0 Å². The summed E-state index contributed by atoms with van der Waals surface area (Å²) in [5.41, 5.74) is 0.189. The number of ether oxygens (including phenoxy) is 1. The van der Waals surface area contributed by atoms with Gasteiger partial charge in [0.25, 0.3) is 5.91 Å². The molecule has 0 unspecified atom stereocenters. The second-order valence-corrected chi connectivity index (χ2v) is 4.45. The van der Waals surface area contributed by atoms with Crippen LogP contribution >= 0.6 is 0 Å². The van der Waals surface area contributed by atoms with Crippen molar-refractivity contribution in [1.29, 1.82) is 0 Å². The van der Waals surface area contributed by atoms with Gasteiger partial charge in [0.15, 0.2) is 17.7 Å². The van der Waals surface area contributed by atoms with Crippen LogP contribution in [0.25, 0.3) is 0 Å². The zero-order valence-corrected chi connectivity index (χ0v) is 11.5. The van der Waals surface area contributed by atoms with Crippen LogP contribution in [0, 0.1) is 11.6 Å². The third-order valence-corrected chi connectivity index (χ3v) is 2.87. The molecule has 1 atom stereocenters. The van der Waals surface area contributed by atoms with Gasteiger partial charge in [-0.25, -0.2) is 8.78 Å². The smallest absolute Gasteiger partial charge is 0.265 e. The van der Waals surface area contributed by atoms with Crippen molar-refractivity contribution in [3.8, 4) is 5.75 Å². The van der Waals surface area contributed by atoms with Gasteiger partial charge in [-0.2, -0.15) is 0 Å². The summed E-state index contributed by atoms with van der Waals surface area (Å²) in [6, 6.07) is 12.1. The van der Waals surface area contributed by atoms with Crippen LogP contribution < -0.4 is 10.1 Å². The number of amides is 1. The summed E-state index contributed by atoms with van der Waals surface area (Å²) in [5, 5.41) is 2.51. The molecule has 110 valence electrons. The first kappa shape index (κ1) is 15.0. The van der Waals surface area contributed by atoms with E-state index in [1.807, 2.05) is 6.07 Å². The highest BCUT2D eigenvalue weighted by molar-refractivity contribution is 5.94. The molecule has 0 aliphatic carbocycles. The fourth-order valence-electron chi connectivity index (χ4n) is 1.78. The second kappa shape index (κ2) is 6.83. The van der Waals surface area contributed by atoms with Gasteiger partial charge in [0.1, 0.15) is 5.75 Å². The molecular formula is C16H15F2NO2. The highest BCUT2D eigenvalue weighted by Crippen LogP contribution is 2.16. The molecule has 1 N–H and O–H groups in total. The molecule has 0 spiro atoms. The average Bonchev–Trinajstić information content (AvgIpc) is 2.49. The summed E-state index contributed by atoms with van der Waals surface area (Å²) in [5.74, 6) is -1.80. The highest BCUT2D eigenvalue weighted by Gasteiger charge is 2.18. The first-order valence-corrected chi connectivity index (χ1v) is 6.57. The maximum absolute atomic E-state index is 13.1. The van der Waals surface area contributed by atoms with Gasteiger partial charge in [-0.1, -0.05) is 25.1 Å². The standard InChI is InChI=1S/C16H15F2NO2/c1-2-15(21-12-6-4-3-5-7-12)16(20)19-11-8-9-13(17)14(18)10-11/h3-10,15H,2H2,1H3,(H,19,20)/t15-/m1/s1. The molecule has 2 aromatic carbocycles. The molecule has 0 saturated heterocycles. The first-order valence-electron chi connectivity index (χ1n) is 6.57. The van der Waals surface area contributed by atoms with Crippen LogP contribution in [0.1, 0.15) is 13.3 Å². The molecule has 0 fully saturated rings. The number of benzene rings is 2. The molecule has 0 aromatic heterocycles. The van der Waals surface area contributed by atoms with Gasteiger partial charge in [0.05, 0.1) is 0 Å². The quantitative estimate of drug-likeness (QED) is 0.911. The Hall–Kier alpha value is -2.43. The molecule has 0 aliphatic rings. The summed E-state index contributed by atoms with van der Waals surface area (Å²) in [6.45, 7) is 1.80. The number of para-hydroxylation sites is 1. The number of halogens is 2. The van der Waals surface area contributed by atoms with Crippen molar-refractivity contribution >= 4 is 11.6 Å². The number of rotatable bonds is 5. The van der Waals surface area contributed by atoms with E-state index in [-0.39, 0.29) is 5.69 Å². The Morgan fingerprint density at radius 2 is 1.86 bits per heavy atom. The molecule has 2 rings (SSSR count). The molecule has 0 bridgehead atoms. The summed E-state index contributed by atoms with van der Waals surface area (Å²) >= 11 is 0. The molecule has 3 nitrogen and oxygen atoms in total. The van der Waals surface area contributed by atoms with E-state index in [1.165, 1.54) is 6.07 Å². The fraction of sp³-hybridized carbons (Fsp3) is 0.188. The van der Waals surface area contributed by atoms with E-state index in [1.54, 1.807) is 31.2 Å². The predicted octanol–water partition coefficient (Wildman–Crippen LogP) is 3.76. The molecule has 0 aliphatic heterocycles. The van der Waals surface area contributed by atoms with Crippen LogP contribution in [0.5, 0.6) is 5.75 Å². The molecule has 0 heterocycles. The zero-order valence-electron chi connectivity index (χ0n) is 11.5. The molecule has 1 amide bonds. The van der Waals surface area contributed by atoms with Gasteiger partial charge >= 0.3 is 0 Å². The summed E-state index contributed by atoms with van der Waals surface area (Å²) in [6.07, 6.45) is -0.259. The van der Waals surface area contributed by atoms with E-state index in [0.717, 1.165) is 12.1 Å². The van der Waals surface area contributed by atoms with Crippen molar-refractivity contribution in [3.05, 3.63) is 60.2 Å². The van der Waals surface area contributed by atoms with Crippen LogP contribution in [-0.4, -0.2) is 12.0 Å². The van der Waals surface area contributed by atoms with E-state index in [9.17, 15) is 13.6 Å². The van der Waals surface area contributed by atoms with Crippen molar-refractivity contribution in [2.45, 2.75) is 19.4 Å². The van der Waals surface area contributed by atoms with E-state index in [4.69, 9.17) is 4.74 Å². The zero-order chi connectivity index (χ0) is 15.2. The van der Waals surface area contributed by atoms with Gasteiger partial charge in [0, 0.05) is 11.8 Å². The molecule has 5 heteroatoms. The van der Waals surface area contributed by atoms with Crippen molar-refractivity contribution < 1.29 is 18.3 Å². The van der Waals surface area contributed by atoms with Gasteiger partial charge in [-0.15, -0.1) is 0 Å². The number of hydrogen-bond acceptors (Lipinski definition) is 2. The minimum atomic E-state index is -1.01. The largest absolute Gasteiger partial charge is 0.481 e. The Labute approximate surface area is 121 Å². The normalized spacial score (nSPS) is 11.8. The van der Waals surface area contributed by atoms with Gasteiger partial charge in [-0.05, 0) is 30.7 Å². The van der Waals surface area contributed by atoms with Gasteiger partial charge < -0.3 is 10.1 Å². The number of carbonyl (C=O) groups is 1. The topological polar surface area (TPSA) is 38.3 Å². The maximum Gasteiger partial charge on any atom is 0.265 e. The Kier molecular flexibility index (Phi) is 4.87. The third-order valence-electron chi connectivity index (χ3n) is 2.87. The van der Waals surface area contributed by atoms with Crippen LogP contribution in [0.4, 0.5) is 14.5 Å². The lowest BCUT2D eigenvalue weighted by Crippen LogP contribution is -2.32. The SMILES string of the molecule is CC[C@@H](Oc1ccccc1)C(=O)Nc1ccc(F)c(F)c1. The van der Waals surface area contributed by atoms with Crippen LogP contribution in [0.2, 0.25) is 0 Å². The second-order valence-electron chi connectivity index (χ2n) is 4.45. The summed E-state index contributed by atoms with van der Waals surface area (Å²) < 4.78 is 31.5. The van der Waals surface area contributed by atoms with Gasteiger partial charge in [-0.3, -0.25) is 4.79 Å². The highest BCUT2D eigenvalue weighted by atomic mass is 19.2. The first-order chi connectivity index (χ1) is 10.1. The lowest BCUT2D eigenvalue weighted by Gasteiger charge is -2.17. The lowest BCUT2D eigenvalue weighted by atomic mass is 10.2. The Morgan fingerprint density at radius 3 is 2.48 bits per heavy atom. The van der Waals surface area contributed by atoms with Crippen LogP contribution in [0.3, 0.4) is 0 Å². The van der Waals surface area contributed by atoms with Crippen molar-refractivity contribution in [2.24, 2.45) is 0 Å². The number of nitrogens with one attached hydrogen (secondary N) is 1. The average molecular weight is 291 g/mol. The van der Waals surface area contributed by atoms with Crippen LogP contribution in [-0.2, 0) is 4.79 Å². The third kappa shape index (κ3) is 4.02. The molecular weight excluding hydrogens is 276 g/mol. The number of carbonyl (C=O) groups excluding carboxylic acids is 1. The molecule has 0 saturated carbocycles. The monoisotopic (exact) mass is 291 g/mol. The van der Waals surface area contributed by atoms with Gasteiger partial charge in [0.2, 0.25) is 0 Å². The maximum atomic E-state index is 13.1. The Bertz CT molecular complexity index is 617.